The molecular weight excluding hydrogens is 362 g/mol. The van der Waals surface area contributed by atoms with E-state index in [1.54, 1.807) is 7.11 Å². The van der Waals surface area contributed by atoms with Crippen molar-refractivity contribution in [3.05, 3.63) is 66.7 Å². The van der Waals surface area contributed by atoms with Crippen LogP contribution in [0.4, 0.5) is 11.4 Å². The van der Waals surface area contributed by atoms with Crippen LogP contribution in [0.3, 0.4) is 0 Å². The Kier molecular flexibility index (Phi) is 5.67. The second-order valence-corrected chi connectivity index (χ2v) is 7.45. The Labute approximate surface area is 171 Å². The van der Waals surface area contributed by atoms with Crippen molar-refractivity contribution in [2.24, 2.45) is 0 Å². The second kappa shape index (κ2) is 8.53. The molecule has 0 aromatic heterocycles. The van der Waals surface area contributed by atoms with Gasteiger partial charge in [-0.2, -0.15) is 0 Å². The summed E-state index contributed by atoms with van der Waals surface area (Å²) in [7, 11) is 1.68. The standard InChI is InChI=1S/C24H27N3O2/c1-18(24(28)25-21-8-7-19-5-3-4-6-20(19)17-21)26-13-15-27(16-14-26)22-9-11-23(29-2)12-10-22/h3-12,17-18H,13-16H2,1-2H3,(H,25,28). The predicted octanol–water partition coefficient (Wildman–Crippen LogP) is 4.00. The van der Waals surface area contributed by atoms with Crippen LogP contribution >= 0.6 is 0 Å². The van der Waals surface area contributed by atoms with E-state index in [0.29, 0.717) is 0 Å². The first-order valence-corrected chi connectivity index (χ1v) is 10.1. The zero-order valence-electron chi connectivity index (χ0n) is 17.0. The van der Waals surface area contributed by atoms with Gasteiger partial charge >= 0.3 is 0 Å². The van der Waals surface area contributed by atoms with Gasteiger partial charge in [-0.25, -0.2) is 0 Å². The van der Waals surface area contributed by atoms with Crippen molar-refractivity contribution < 1.29 is 9.53 Å². The van der Waals surface area contributed by atoms with E-state index in [9.17, 15) is 4.79 Å². The molecule has 0 aliphatic carbocycles. The van der Waals surface area contributed by atoms with Crippen LogP contribution in [-0.2, 0) is 4.79 Å². The molecule has 0 radical (unpaired) electrons. The first-order chi connectivity index (χ1) is 14.1. The second-order valence-electron chi connectivity index (χ2n) is 7.45. The normalized spacial score (nSPS) is 15.9. The van der Waals surface area contributed by atoms with E-state index in [1.807, 2.05) is 49.4 Å². The maximum Gasteiger partial charge on any atom is 0.241 e. The number of amides is 1. The number of hydrogen-bond donors (Lipinski definition) is 1. The number of hydrogen-bond acceptors (Lipinski definition) is 4. The molecule has 150 valence electrons. The number of benzene rings is 3. The van der Waals surface area contributed by atoms with E-state index >= 15 is 0 Å². The molecule has 0 saturated carbocycles. The average Bonchev–Trinajstić information content (AvgIpc) is 2.78. The summed E-state index contributed by atoms with van der Waals surface area (Å²) in [6.45, 7) is 5.51. The third-order valence-electron chi connectivity index (χ3n) is 5.70. The number of anilines is 2. The lowest BCUT2D eigenvalue weighted by atomic mass is 10.1. The van der Waals surface area contributed by atoms with Crippen LogP contribution in [-0.4, -0.2) is 50.1 Å². The molecule has 29 heavy (non-hydrogen) atoms. The first-order valence-electron chi connectivity index (χ1n) is 10.1. The summed E-state index contributed by atoms with van der Waals surface area (Å²) in [6.07, 6.45) is 0. The maximum atomic E-state index is 12.8. The molecule has 1 saturated heterocycles. The molecule has 1 unspecified atom stereocenters. The van der Waals surface area contributed by atoms with Gasteiger partial charge in [-0.05, 0) is 54.1 Å². The fraction of sp³-hybridized carbons (Fsp3) is 0.292. The summed E-state index contributed by atoms with van der Waals surface area (Å²) >= 11 is 0. The molecule has 1 aliphatic rings. The van der Waals surface area contributed by atoms with E-state index < -0.39 is 0 Å². The topological polar surface area (TPSA) is 44.8 Å². The van der Waals surface area contributed by atoms with Crippen molar-refractivity contribution in [3.63, 3.8) is 0 Å². The highest BCUT2D eigenvalue weighted by atomic mass is 16.5. The third kappa shape index (κ3) is 4.35. The molecule has 1 atom stereocenters. The number of nitrogens with zero attached hydrogens (tertiary/aromatic N) is 2. The summed E-state index contributed by atoms with van der Waals surface area (Å²) in [6, 6.07) is 22.2. The highest BCUT2D eigenvalue weighted by molar-refractivity contribution is 5.97. The number of fused-ring (bicyclic) bond motifs is 1. The molecule has 0 bridgehead atoms. The van der Waals surface area contributed by atoms with E-state index in [4.69, 9.17) is 4.74 Å². The number of carbonyl (C=O) groups excluding carboxylic acids is 1. The van der Waals surface area contributed by atoms with Gasteiger partial charge in [-0.15, -0.1) is 0 Å². The Morgan fingerprint density at radius 3 is 2.31 bits per heavy atom. The van der Waals surface area contributed by atoms with Gasteiger partial charge < -0.3 is 15.0 Å². The molecule has 3 aromatic carbocycles. The Bertz CT molecular complexity index is 979. The van der Waals surface area contributed by atoms with Crippen LogP contribution in [0, 0.1) is 0 Å². The molecular formula is C24H27N3O2. The van der Waals surface area contributed by atoms with E-state index in [-0.39, 0.29) is 11.9 Å². The van der Waals surface area contributed by atoms with Crippen LogP contribution < -0.4 is 15.0 Å². The fourth-order valence-electron chi connectivity index (χ4n) is 3.84. The summed E-state index contributed by atoms with van der Waals surface area (Å²) in [5, 5.41) is 5.38. The molecule has 4 rings (SSSR count). The van der Waals surface area contributed by atoms with Crippen molar-refractivity contribution >= 4 is 28.1 Å². The molecule has 1 aliphatic heterocycles. The van der Waals surface area contributed by atoms with Crippen LogP contribution in [0.1, 0.15) is 6.92 Å². The van der Waals surface area contributed by atoms with Crippen molar-refractivity contribution in [2.45, 2.75) is 13.0 Å². The SMILES string of the molecule is COc1ccc(N2CCN(C(C)C(=O)Nc3ccc4ccccc4c3)CC2)cc1. The number of methoxy groups -OCH3 is 1. The van der Waals surface area contributed by atoms with Gasteiger partial charge in [0.2, 0.25) is 5.91 Å². The monoisotopic (exact) mass is 389 g/mol. The van der Waals surface area contributed by atoms with Crippen molar-refractivity contribution in [1.82, 2.24) is 4.90 Å². The van der Waals surface area contributed by atoms with Crippen molar-refractivity contribution in [1.29, 1.82) is 0 Å². The van der Waals surface area contributed by atoms with E-state index in [1.165, 1.54) is 11.1 Å². The Balaban J connectivity index is 1.34. The van der Waals surface area contributed by atoms with Crippen molar-refractivity contribution in [3.8, 4) is 5.75 Å². The Hall–Kier alpha value is -3.05. The van der Waals surface area contributed by atoms with Crippen LogP contribution in [0.15, 0.2) is 66.7 Å². The quantitative estimate of drug-likeness (QED) is 0.716. The van der Waals surface area contributed by atoms with Gasteiger partial charge in [0.25, 0.3) is 0 Å². The molecule has 5 heteroatoms. The molecule has 1 fully saturated rings. The van der Waals surface area contributed by atoms with Gasteiger partial charge in [0.15, 0.2) is 0 Å². The fourth-order valence-corrected chi connectivity index (χ4v) is 3.84. The van der Waals surface area contributed by atoms with Gasteiger partial charge in [0.05, 0.1) is 13.2 Å². The van der Waals surface area contributed by atoms with Crippen molar-refractivity contribution in [2.75, 3.05) is 43.5 Å². The summed E-state index contributed by atoms with van der Waals surface area (Å²) in [5.74, 6) is 0.907. The van der Waals surface area contributed by atoms with Crippen LogP contribution in [0.25, 0.3) is 10.8 Å². The smallest absolute Gasteiger partial charge is 0.241 e. The lowest BCUT2D eigenvalue weighted by Gasteiger charge is -2.38. The number of carbonyl (C=O) groups is 1. The lowest BCUT2D eigenvalue weighted by Crippen LogP contribution is -2.52. The predicted molar refractivity (Wildman–Crippen MR) is 119 cm³/mol. The minimum Gasteiger partial charge on any atom is -0.497 e. The minimum atomic E-state index is -0.167. The Morgan fingerprint density at radius 2 is 1.62 bits per heavy atom. The molecule has 1 heterocycles. The van der Waals surface area contributed by atoms with Gasteiger partial charge in [-0.3, -0.25) is 9.69 Å². The number of piperazine rings is 1. The third-order valence-corrected chi connectivity index (χ3v) is 5.70. The lowest BCUT2D eigenvalue weighted by molar-refractivity contribution is -0.120. The highest BCUT2D eigenvalue weighted by Gasteiger charge is 2.25. The molecule has 5 nitrogen and oxygen atoms in total. The highest BCUT2D eigenvalue weighted by Crippen LogP contribution is 2.22. The average molecular weight is 389 g/mol. The van der Waals surface area contributed by atoms with E-state index in [2.05, 4.69) is 39.4 Å². The number of ether oxygens (including phenoxy) is 1. The Morgan fingerprint density at radius 1 is 0.931 bits per heavy atom. The van der Waals surface area contributed by atoms with Gasteiger partial charge in [0.1, 0.15) is 5.75 Å². The van der Waals surface area contributed by atoms with Gasteiger partial charge in [0, 0.05) is 37.6 Å². The first kappa shape index (κ1) is 19.3. The minimum absolute atomic E-state index is 0.0400. The molecule has 3 aromatic rings. The largest absolute Gasteiger partial charge is 0.497 e. The maximum absolute atomic E-state index is 12.8. The number of rotatable bonds is 5. The van der Waals surface area contributed by atoms with Crippen LogP contribution in [0.2, 0.25) is 0 Å². The summed E-state index contributed by atoms with van der Waals surface area (Å²) < 4.78 is 5.23. The zero-order valence-corrected chi connectivity index (χ0v) is 17.0. The zero-order chi connectivity index (χ0) is 20.2. The molecule has 1 amide bonds. The molecule has 0 spiro atoms. The number of nitrogens with one attached hydrogen (secondary N) is 1. The van der Waals surface area contributed by atoms with Crippen LogP contribution in [0.5, 0.6) is 5.75 Å². The van der Waals surface area contributed by atoms with E-state index in [0.717, 1.165) is 43.0 Å². The molecule has 1 N–H and O–H groups in total. The summed E-state index contributed by atoms with van der Waals surface area (Å²) in [4.78, 5) is 17.4. The summed E-state index contributed by atoms with van der Waals surface area (Å²) in [5.41, 5.74) is 2.04. The van der Waals surface area contributed by atoms with Gasteiger partial charge in [-0.1, -0.05) is 30.3 Å².